The second-order valence-corrected chi connectivity index (χ2v) is 8.43. The van der Waals surface area contributed by atoms with Gasteiger partial charge in [0.2, 0.25) is 5.78 Å². The van der Waals surface area contributed by atoms with Gasteiger partial charge < -0.3 is 4.74 Å². The molecule has 0 aliphatic carbocycles. The van der Waals surface area contributed by atoms with E-state index in [0.717, 1.165) is 6.26 Å². The summed E-state index contributed by atoms with van der Waals surface area (Å²) >= 11 is 0. The van der Waals surface area contributed by atoms with Gasteiger partial charge in [-0.15, -0.1) is 0 Å². The highest BCUT2D eigenvalue weighted by Gasteiger charge is 2.33. The van der Waals surface area contributed by atoms with Crippen molar-refractivity contribution in [3.05, 3.63) is 65.5 Å². The Kier molecular flexibility index (Phi) is 5.61. The Morgan fingerprint density at radius 1 is 1.08 bits per heavy atom. The van der Waals surface area contributed by atoms with Crippen molar-refractivity contribution in [3.8, 4) is 0 Å². The Labute approximate surface area is 151 Å². The van der Waals surface area contributed by atoms with Crippen LogP contribution in [0.2, 0.25) is 0 Å². The van der Waals surface area contributed by atoms with Crippen molar-refractivity contribution >= 4 is 21.6 Å². The summed E-state index contributed by atoms with van der Waals surface area (Å²) in [5.74, 6) is -1.59. The van der Waals surface area contributed by atoms with E-state index >= 15 is 0 Å². The maximum Gasteiger partial charge on any atom is 0.311 e. The zero-order chi connectivity index (χ0) is 19.5. The maximum atomic E-state index is 13.2. The van der Waals surface area contributed by atoms with E-state index < -0.39 is 33.0 Å². The number of hydrogen-bond donors (Lipinski definition) is 0. The molecule has 0 aromatic heterocycles. The Morgan fingerprint density at radius 3 is 2.23 bits per heavy atom. The predicted molar refractivity (Wildman–Crippen MR) is 94.2 cm³/mol. The van der Waals surface area contributed by atoms with Gasteiger partial charge in [0.25, 0.3) is 0 Å². The molecule has 7 heteroatoms. The quantitative estimate of drug-likeness (QED) is 0.570. The van der Waals surface area contributed by atoms with Crippen molar-refractivity contribution in [2.75, 3.05) is 6.26 Å². The van der Waals surface area contributed by atoms with E-state index in [4.69, 9.17) is 4.74 Å². The number of Topliss-reactive ketones (excluding diaryl/α,β-unsaturated/α-hetero) is 1. The van der Waals surface area contributed by atoms with E-state index in [-0.39, 0.29) is 16.9 Å². The molecule has 0 radical (unpaired) electrons. The summed E-state index contributed by atoms with van der Waals surface area (Å²) in [4.78, 5) is 24.8. The van der Waals surface area contributed by atoms with Crippen LogP contribution in [-0.2, 0) is 25.8 Å². The molecule has 138 valence electrons. The predicted octanol–water partition coefficient (Wildman–Crippen LogP) is 2.98. The normalized spacial score (nSPS) is 11.8. The molecule has 0 saturated heterocycles. The zero-order valence-corrected chi connectivity index (χ0v) is 15.5. The second kappa shape index (κ2) is 7.37. The highest BCUT2D eigenvalue weighted by Crippen LogP contribution is 2.20. The summed E-state index contributed by atoms with van der Waals surface area (Å²) in [5, 5.41) is 0. The van der Waals surface area contributed by atoms with E-state index in [1.54, 1.807) is 6.07 Å². The van der Waals surface area contributed by atoms with Gasteiger partial charge in [0.05, 0.1) is 11.3 Å². The molecule has 0 heterocycles. The molecule has 0 bridgehead atoms. The third kappa shape index (κ3) is 4.98. The number of ether oxygens (including phenoxy) is 1. The smallest absolute Gasteiger partial charge is 0.311 e. The summed E-state index contributed by atoms with van der Waals surface area (Å²) in [6, 6.07) is 11.0. The molecule has 0 aliphatic heterocycles. The SMILES string of the molecule is CC(C)(OC(=O)Cc1cccc(F)c1)C(=O)c1ccc(S(C)(=O)=O)cc1. The van der Waals surface area contributed by atoms with Gasteiger partial charge in [-0.2, -0.15) is 0 Å². The molecule has 5 nitrogen and oxygen atoms in total. The van der Waals surface area contributed by atoms with Gasteiger partial charge >= 0.3 is 5.97 Å². The number of carbonyl (C=O) groups excluding carboxylic acids is 2. The standard InChI is InChI=1S/C19H19FO5S/c1-19(2,25-17(21)12-13-5-4-6-15(20)11-13)18(22)14-7-9-16(10-8-14)26(3,23)24/h4-11H,12H2,1-3H3. The van der Waals surface area contributed by atoms with Crippen LogP contribution in [-0.4, -0.2) is 32.0 Å². The van der Waals surface area contributed by atoms with Gasteiger partial charge in [-0.3, -0.25) is 9.59 Å². The van der Waals surface area contributed by atoms with Crippen LogP contribution in [0, 0.1) is 5.82 Å². The Bertz CT molecular complexity index is 931. The highest BCUT2D eigenvalue weighted by molar-refractivity contribution is 7.90. The third-order valence-corrected chi connectivity index (χ3v) is 4.83. The molecule has 2 aromatic carbocycles. The van der Waals surface area contributed by atoms with E-state index in [1.807, 2.05) is 0 Å². The minimum Gasteiger partial charge on any atom is -0.451 e. The first kappa shape index (κ1) is 19.8. The van der Waals surface area contributed by atoms with Crippen LogP contribution < -0.4 is 0 Å². The largest absolute Gasteiger partial charge is 0.451 e. The average Bonchev–Trinajstić information content (AvgIpc) is 2.52. The van der Waals surface area contributed by atoms with Crippen molar-refractivity contribution < 1.29 is 27.1 Å². The molecule has 0 N–H and O–H groups in total. The number of esters is 1. The van der Waals surface area contributed by atoms with Gasteiger partial charge in [-0.25, -0.2) is 12.8 Å². The molecule has 26 heavy (non-hydrogen) atoms. The van der Waals surface area contributed by atoms with Crippen LogP contribution in [0.5, 0.6) is 0 Å². The highest BCUT2D eigenvalue weighted by atomic mass is 32.2. The first-order valence-electron chi connectivity index (χ1n) is 7.80. The van der Waals surface area contributed by atoms with Crippen molar-refractivity contribution in [3.63, 3.8) is 0 Å². The molecule has 2 aromatic rings. The van der Waals surface area contributed by atoms with Crippen LogP contribution >= 0.6 is 0 Å². The van der Waals surface area contributed by atoms with Gasteiger partial charge in [-0.05, 0) is 55.8 Å². The molecule has 0 fully saturated rings. The third-order valence-electron chi connectivity index (χ3n) is 3.70. The fourth-order valence-corrected chi connectivity index (χ4v) is 3.01. The van der Waals surface area contributed by atoms with E-state index in [2.05, 4.69) is 0 Å². The molecule has 0 spiro atoms. The topological polar surface area (TPSA) is 77.5 Å². The molecular formula is C19H19FO5S. The first-order chi connectivity index (χ1) is 12.0. The van der Waals surface area contributed by atoms with Gasteiger partial charge in [-0.1, -0.05) is 12.1 Å². The molecule has 0 unspecified atom stereocenters. The summed E-state index contributed by atoms with van der Waals surface area (Å²) in [6.45, 7) is 2.90. The van der Waals surface area contributed by atoms with Crippen LogP contribution in [0.25, 0.3) is 0 Å². The van der Waals surface area contributed by atoms with Crippen molar-refractivity contribution in [1.82, 2.24) is 0 Å². The Morgan fingerprint density at radius 2 is 1.69 bits per heavy atom. The van der Waals surface area contributed by atoms with Crippen LogP contribution in [0.1, 0.15) is 29.8 Å². The van der Waals surface area contributed by atoms with Gasteiger partial charge in [0, 0.05) is 11.8 Å². The Hall–Kier alpha value is -2.54. The summed E-state index contributed by atoms with van der Waals surface area (Å²) in [5.41, 5.74) is -0.784. The second-order valence-electron chi connectivity index (χ2n) is 6.42. The number of sulfone groups is 1. The molecule has 2 rings (SSSR count). The maximum absolute atomic E-state index is 13.2. The number of carbonyl (C=O) groups is 2. The molecule has 0 saturated carbocycles. The molecule has 0 atom stereocenters. The monoisotopic (exact) mass is 378 g/mol. The van der Waals surface area contributed by atoms with Crippen molar-refractivity contribution in [2.24, 2.45) is 0 Å². The van der Waals surface area contributed by atoms with E-state index in [1.165, 1.54) is 56.3 Å². The lowest BCUT2D eigenvalue weighted by molar-refractivity contribution is -0.151. The van der Waals surface area contributed by atoms with Crippen LogP contribution in [0.4, 0.5) is 4.39 Å². The van der Waals surface area contributed by atoms with Crippen LogP contribution in [0.3, 0.4) is 0 Å². The summed E-state index contributed by atoms with van der Waals surface area (Å²) < 4.78 is 41.4. The number of ketones is 1. The fourth-order valence-electron chi connectivity index (χ4n) is 2.38. The lowest BCUT2D eigenvalue weighted by atomic mass is 9.96. The van der Waals surface area contributed by atoms with E-state index in [0.29, 0.717) is 5.56 Å². The van der Waals surface area contributed by atoms with Crippen LogP contribution in [0.15, 0.2) is 53.4 Å². The molecule has 0 aliphatic rings. The van der Waals surface area contributed by atoms with Crippen molar-refractivity contribution in [2.45, 2.75) is 30.8 Å². The number of halogens is 1. The minimum atomic E-state index is -3.37. The lowest BCUT2D eigenvalue weighted by Gasteiger charge is -2.24. The van der Waals surface area contributed by atoms with E-state index in [9.17, 15) is 22.4 Å². The molecule has 0 amide bonds. The summed E-state index contributed by atoms with van der Waals surface area (Å²) in [7, 11) is -3.37. The Balaban J connectivity index is 2.10. The van der Waals surface area contributed by atoms with Crippen molar-refractivity contribution in [1.29, 1.82) is 0 Å². The number of hydrogen-bond acceptors (Lipinski definition) is 5. The average molecular weight is 378 g/mol. The first-order valence-corrected chi connectivity index (χ1v) is 9.69. The zero-order valence-electron chi connectivity index (χ0n) is 14.7. The lowest BCUT2D eigenvalue weighted by Crippen LogP contribution is -2.37. The minimum absolute atomic E-state index is 0.0926. The molecular weight excluding hydrogens is 359 g/mol. The summed E-state index contributed by atoms with van der Waals surface area (Å²) in [6.07, 6.45) is 0.906. The number of rotatable bonds is 6. The van der Waals surface area contributed by atoms with Gasteiger partial charge in [0.15, 0.2) is 15.4 Å². The fraction of sp³-hybridized carbons (Fsp3) is 0.263. The van der Waals surface area contributed by atoms with Gasteiger partial charge in [0.1, 0.15) is 5.82 Å². The number of benzene rings is 2.